The zero-order chi connectivity index (χ0) is 16.0. The average Bonchev–Trinajstić information content (AvgIpc) is 2.72. The molecule has 22 heavy (non-hydrogen) atoms. The molecule has 1 aromatic rings. The first-order valence-corrected chi connectivity index (χ1v) is 6.79. The van der Waals surface area contributed by atoms with Gasteiger partial charge in [-0.05, 0) is 12.8 Å². The first kappa shape index (κ1) is 14.5. The molecule has 0 aliphatic carbocycles. The maximum absolute atomic E-state index is 14.1. The van der Waals surface area contributed by atoms with Crippen molar-refractivity contribution in [2.45, 2.75) is 12.8 Å². The fraction of sp³-hybridized carbons (Fsp3) is 0.231. The third-order valence-electron chi connectivity index (χ3n) is 3.51. The lowest BCUT2D eigenvalue weighted by atomic mass is 10.2. The van der Waals surface area contributed by atoms with Crippen molar-refractivity contribution in [2.24, 2.45) is 0 Å². The molecular weight excluding hydrogens is 317 g/mol. The van der Waals surface area contributed by atoms with Gasteiger partial charge in [0.25, 0.3) is 11.6 Å². The Morgan fingerprint density at radius 3 is 2.68 bits per heavy atom. The summed E-state index contributed by atoms with van der Waals surface area (Å²) in [6.45, 7) is 0.351. The third-order valence-corrected chi connectivity index (χ3v) is 3.82. The Kier molecular flexibility index (Phi) is 3.32. The minimum Gasteiger partial charge on any atom is -0.289 e. The van der Waals surface area contributed by atoms with Crippen molar-refractivity contribution in [3.8, 4) is 0 Å². The largest absolute Gasteiger partial charge is 0.336 e. The van der Waals surface area contributed by atoms with E-state index in [0.29, 0.717) is 24.3 Å². The van der Waals surface area contributed by atoms with Gasteiger partial charge in [-0.3, -0.25) is 19.8 Å². The Morgan fingerprint density at radius 2 is 2.05 bits per heavy atom. The van der Waals surface area contributed by atoms with E-state index in [0.717, 1.165) is 12.1 Å². The van der Waals surface area contributed by atoms with Crippen LogP contribution < -0.4 is 4.90 Å². The van der Waals surface area contributed by atoms with Gasteiger partial charge >= 0.3 is 6.03 Å². The smallest absolute Gasteiger partial charge is 0.289 e. The van der Waals surface area contributed by atoms with Gasteiger partial charge in [0.05, 0.1) is 10.6 Å². The number of rotatable bonds is 2. The summed E-state index contributed by atoms with van der Waals surface area (Å²) in [5, 5.41) is 10.5. The molecule has 0 radical (unpaired) electrons. The van der Waals surface area contributed by atoms with Gasteiger partial charge in [-0.15, -0.1) is 0 Å². The van der Waals surface area contributed by atoms with Crippen molar-refractivity contribution in [1.82, 2.24) is 4.90 Å². The number of nitro groups is 1. The average molecular weight is 326 g/mol. The summed E-state index contributed by atoms with van der Waals surface area (Å²) >= 11 is 5.61. The maximum Gasteiger partial charge on any atom is 0.336 e. The highest BCUT2D eigenvalue weighted by molar-refractivity contribution is 6.33. The number of anilines is 1. The number of urea groups is 1. The van der Waals surface area contributed by atoms with Gasteiger partial charge in [-0.25, -0.2) is 14.1 Å². The number of amides is 3. The number of allylic oxidation sites excluding steroid dienone is 1. The highest BCUT2D eigenvalue weighted by atomic mass is 35.5. The van der Waals surface area contributed by atoms with Gasteiger partial charge in [0.1, 0.15) is 16.5 Å². The van der Waals surface area contributed by atoms with Gasteiger partial charge in [0, 0.05) is 18.7 Å². The molecule has 3 rings (SSSR count). The molecule has 0 spiro atoms. The molecule has 7 nitrogen and oxygen atoms in total. The summed E-state index contributed by atoms with van der Waals surface area (Å²) in [6, 6.07) is 0.805. The topological polar surface area (TPSA) is 83.8 Å². The van der Waals surface area contributed by atoms with Crippen LogP contribution in [0.1, 0.15) is 12.8 Å². The lowest BCUT2D eigenvalue weighted by molar-refractivity contribution is -0.384. The highest BCUT2D eigenvalue weighted by Crippen LogP contribution is 2.36. The molecule has 0 saturated carbocycles. The van der Waals surface area contributed by atoms with Crippen molar-refractivity contribution in [1.29, 1.82) is 0 Å². The number of halogens is 2. The van der Waals surface area contributed by atoms with E-state index in [1.807, 2.05) is 0 Å². The molecule has 2 aliphatic rings. The summed E-state index contributed by atoms with van der Waals surface area (Å²) in [5.74, 6) is -1.67. The van der Waals surface area contributed by atoms with Crippen LogP contribution in [0.25, 0.3) is 0 Å². The van der Waals surface area contributed by atoms with Crippen LogP contribution in [0.2, 0.25) is 5.02 Å². The molecule has 2 aliphatic heterocycles. The van der Waals surface area contributed by atoms with Crippen LogP contribution in [-0.4, -0.2) is 28.3 Å². The molecule has 114 valence electrons. The molecule has 9 heteroatoms. The Labute approximate surface area is 128 Å². The Balaban J connectivity index is 2.12. The number of nitro benzene ring substituents is 1. The van der Waals surface area contributed by atoms with E-state index in [1.165, 1.54) is 4.90 Å². The maximum atomic E-state index is 14.1. The first-order chi connectivity index (χ1) is 10.4. The van der Waals surface area contributed by atoms with Crippen molar-refractivity contribution in [2.75, 3.05) is 11.4 Å². The second-order valence-corrected chi connectivity index (χ2v) is 5.23. The molecule has 0 aromatic heterocycles. The molecule has 1 saturated heterocycles. The van der Waals surface area contributed by atoms with E-state index >= 15 is 0 Å². The van der Waals surface area contributed by atoms with Crippen LogP contribution in [0.3, 0.4) is 0 Å². The predicted octanol–water partition coefficient (Wildman–Crippen LogP) is 2.83. The van der Waals surface area contributed by atoms with Gasteiger partial charge in [0.2, 0.25) is 0 Å². The van der Waals surface area contributed by atoms with E-state index < -0.39 is 39.1 Å². The van der Waals surface area contributed by atoms with Crippen molar-refractivity contribution in [3.05, 3.63) is 44.9 Å². The molecule has 0 unspecified atom stereocenters. The third kappa shape index (κ3) is 2.03. The number of carbonyl (C=O) groups excluding carboxylic acids is 2. The first-order valence-electron chi connectivity index (χ1n) is 6.41. The van der Waals surface area contributed by atoms with Crippen LogP contribution in [0.4, 0.5) is 20.6 Å². The summed E-state index contributed by atoms with van der Waals surface area (Å²) in [4.78, 5) is 36.5. The summed E-state index contributed by atoms with van der Waals surface area (Å²) in [5.41, 5.74) is -0.868. The van der Waals surface area contributed by atoms with Crippen LogP contribution in [-0.2, 0) is 4.79 Å². The van der Waals surface area contributed by atoms with Gasteiger partial charge < -0.3 is 0 Å². The van der Waals surface area contributed by atoms with Crippen molar-refractivity contribution >= 4 is 34.9 Å². The Morgan fingerprint density at radius 1 is 1.32 bits per heavy atom. The number of imide groups is 1. The lowest BCUT2D eigenvalue weighted by Crippen LogP contribution is -2.34. The standard InChI is InChI=1S/C13H9ClFN3O4/c14-7-5-8(15)11(6-10(7)18(21)22)17-12(19)9-3-1-2-4-16(9)13(17)20/h3,5-6H,1-2,4H2. The van der Waals surface area contributed by atoms with Gasteiger partial charge in [-0.2, -0.15) is 0 Å². The lowest BCUT2D eigenvalue weighted by Gasteiger charge is -2.19. The van der Waals surface area contributed by atoms with Crippen molar-refractivity contribution < 1.29 is 18.9 Å². The van der Waals surface area contributed by atoms with E-state index in [9.17, 15) is 24.1 Å². The summed E-state index contributed by atoms with van der Waals surface area (Å²) in [6.07, 6.45) is 2.94. The number of benzene rings is 1. The number of nitrogens with zero attached hydrogens (tertiary/aromatic N) is 3. The number of hydrogen-bond donors (Lipinski definition) is 0. The molecule has 3 amide bonds. The monoisotopic (exact) mass is 325 g/mol. The Hall–Kier alpha value is -2.48. The second-order valence-electron chi connectivity index (χ2n) is 4.82. The van der Waals surface area contributed by atoms with Crippen LogP contribution in [0, 0.1) is 15.9 Å². The van der Waals surface area contributed by atoms with Crippen molar-refractivity contribution in [3.63, 3.8) is 0 Å². The van der Waals surface area contributed by atoms with Crippen LogP contribution in [0.15, 0.2) is 23.9 Å². The minimum atomic E-state index is -0.974. The second kappa shape index (κ2) is 5.06. The number of hydrogen-bond acceptors (Lipinski definition) is 4. The quantitative estimate of drug-likeness (QED) is 0.475. The summed E-state index contributed by atoms with van der Waals surface area (Å²) < 4.78 is 14.1. The predicted molar refractivity (Wildman–Crippen MR) is 75.0 cm³/mol. The zero-order valence-electron chi connectivity index (χ0n) is 11.1. The Bertz CT molecular complexity index is 749. The van der Waals surface area contributed by atoms with E-state index in [2.05, 4.69) is 0 Å². The van der Waals surface area contributed by atoms with Crippen LogP contribution in [0.5, 0.6) is 0 Å². The van der Waals surface area contributed by atoms with Crippen LogP contribution >= 0.6 is 11.6 Å². The minimum absolute atomic E-state index is 0.174. The van der Waals surface area contributed by atoms with E-state index in [4.69, 9.17) is 11.6 Å². The molecule has 1 fully saturated rings. The molecule has 1 aromatic carbocycles. The molecule has 0 atom stereocenters. The van der Waals surface area contributed by atoms with E-state index in [1.54, 1.807) is 6.08 Å². The molecule has 0 bridgehead atoms. The fourth-order valence-electron chi connectivity index (χ4n) is 2.49. The molecule has 2 heterocycles. The van der Waals surface area contributed by atoms with E-state index in [-0.39, 0.29) is 5.70 Å². The normalized spacial score (nSPS) is 17.6. The molecule has 0 N–H and O–H groups in total. The summed E-state index contributed by atoms with van der Waals surface area (Å²) in [7, 11) is 0. The fourth-order valence-corrected chi connectivity index (χ4v) is 2.71. The SMILES string of the molecule is O=C1C2=CCCCN2C(=O)N1c1cc([N+](=O)[O-])c(Cl)cc1F. The number of fused-ring (bicyclic) bond motifs is 1. The van der Waals surface area contributed by atoms with Gasteiger partial charge in [-0.1, -0.05) is 17.7 Å². The van der Waals surface area contributed by atoms with Gasteiger partial charge in [0.15, 0.2) is 0 Å². The highest BCUT2D eigenvalue weighted by Gasteiger charge is 2.44. The zero-order valence-corrected chi connectivity index (χ0v) is 11.8. The molecular formula is C13H9ClFN3O4. The number of carbonyl (C=O) groups is 2.